The number of aromatic nitrogens is 2. The van der Waals surface area contributed by atoms with Gasteiger partial charge >= 0.3 is 12.1 Å². The van der Waals surface area contributed by atoms with Crippen LogP contribution in [0.3, 0.4) is 0 Å². The molecule has 3 atom stereocenters. The molecule has 0 saturated heterocycles. The van der Waals surface area contributed by atoms with Gasteiger partial charge in [-0.05, 0) is 61.4 Å². The van der Waals surface area contributed by atoms with E-state index in [0.717, 1.165) is 27.6 Å². The fourth-order valence-corrected chi connectivity index (χ4v) is 7.01. The van der Waals surface area contributed by atoms with Crippen LogP contribution in [0.2, 0.25) is 0 Å². The second-order valence-corrected chi connectivity index (χ2v) is 12.3. The Morgan fingerprint density at radius 3 is 2.76 bits per heavy atom. The topological polar surface area (TPSA) is 129 Å². The molecule has 1 amide bonds. The number of esters is 1. The third-order valence-electron chi connectivity index (χ3n) is 9.44. The molecule has 0 spiro atoms. The number of hydrogen-bond donors (Lipinski definition) is 2. The fraction of sp³-hybridized carbons (Fsp3) is 0.371. The highest BCUT2D eigenvalue weighted by molar-refractivity contribution is 5.93. The molecule has 4 aromatic rings. The van der Waals surface area contributed by atoms with Crippen molar-refractivity contribution < 1.29 is 33.3 Å². The van der Waals surface area contributed by atoms with Crippen LogP contribution in [0.5, 0.6) is 0 Å². The van der Waals surface area contributed by atoms with Gasteiger partial charge in [0.1, 0.15) is 18.5 Å². The molecule has 2 N–H and O–H groups in total. The third-order valence-corrected chi connectivity index (χ3v) is 9.44. The van der Waals surface area contributed by atoms with Crippen LogP contribution in [0, 0.1) is 12.7 Å². The van der Waals surface area contributed by atoms with Crippen molar-refractivity contribution in [2.24, 2.45) is 0 Å². The first-order chi connectivity index (χ1) is 22.1. The summed E-state index contributed by atoms with van der Waals surface area (Å²) in [5.74, 6) is -1.20. The van der Waals surface area contributed by atoms with Gasteiger partial charge in [-0.2, -0.15) is 0 Å². The first-order valence-electron chi connectivity index (χ1n) is 15.5. The largest absolute Gasteiger partial charge is 0.458 e. The van der Waals surface area contributed by atoms with Crippen molar-refractivity contribution >= 4 is 23.0 Å². The number of ether oxygens (including phenoxy) is 3. The highest BCUT2D eigenvalue weighted by Gasteiger charge is 2.46. The van der Waals surface area contributed by atoms with Gasteiger partial charge < -0.3 is 29.2 Å². The Labute approximate surface area is 264 Å². The van der Waals surface area contributed by atoms with E-state index in [1.54, 1.807) is 31.4 Å². The molecule has 0 saturated carbocycles. The molecule has 7 rings (SSSR count). The quantitative estimate of drug-likeness (QED) is 0.245. The first-order valence-corrected chi connectivity index (χ1v) is 15.5. The lowest BCUT2D eigenvalue weighted by atomic mass is 9.81. The van der Waals surface area contributed by atoms with E-state index in [4.69, 9.17) is 19.2 Å². The number of aliphatic hydroxyl groups is 1. The van der Waals surface area contributed by atoms with E-state index in [1.165, 1.54) is 6.07 Å². The van der Waals surface area contributed by atoms with E-state index in [-0.39, 0.29) is 43.1 Å². The molecule has 11 heteroatoms. The van der Waals surface area contributed by atoms with Crippen molar-refractivity contribution in [2.75, 3.05) is 6.61 Å². The number of fused-ring (bicyclic) bond motifs is 5. The van der Waals surface area contributed by atoms with Crippen LogP contribution in [-0.2, 0) is 50.8 Å². The molecule has 1 aliphatic carbocycles. The van der Waals surface area contributed by atoms with E-state index in [1.807, 2.05) is 30.3 Å². The zero-order valence-electron chi connectivity index (χ0n) is 25.8. The van der Waals surface area contributed by atoms with Crippen LogP contribution in [0.4, 0.5) is 9.18 Å². The van der Waals surface area contributed by atoms with Gasteiger partial charge in [-0.25, -0.2) is 19.0 Å². The molecule has 2 aromatic carbocycles. The van der Waals surface area contributed by atoms with E-state index in [9.17, 15) is 19.5 Å². The monoisotopic (exact) mass is 627 g/mol. The lowest BCUT2D eigenvalue weighted by molar-refractivity contribution is -0.172. The smallest absolute Gasteiger partial charge is 0.407 e. The van der Waals surface area contributed by atoms with Crippen molar-refractivity contribution in [2.45, 2.75) is 77.5 Å². The van der Waals surface area contributed by atoms with Crippen molar-refractivity contribution in [3.05, 3.63) is 97.6 Å². The highest BCUT2D eigenvalue weighted by atomic mass is 19.1. The number of nitrogens with one attached hydrogen (secondary N) is 1. The molecule has 46 heavy (non-hydrogen) atoms. The Hall–Kier alpha value is -4.61. The minimum atomic E-state index is -1.97. The lowest BCUT2D eigenvalue weighted by Gasteiger charge is -2.31. The van der Waals surface area contributed by atoms with Crippen LogP contribution in [0.25, 0.3) is 22.3 Å². The number of nitrogens with zero attached hydrogens (tertiary/aromatic N) is 2. The Morgan fingerprint density at radius 1 is 1.22 bits per heavy atom. The Kier molecular flexibility index (Phi) is 7.40. The first kappa shape index (κ1) is 30.1. The number of pyridine rings is 2. The van der Waals surface area contributed by atoms with Gasteiger partial charge in [-0.1, -0.05) is 37.3 Å². The number of halogens is 1. The van der Waals surface area contributed by atoms with Crippen LogP contribution in [-0.4, -0.2) is 39.4 Å². The van der Waals surface area contributed by atoms with Gasteiger partial charge in [0.2, 0.25) is 0 Å². The summed E-state index contributed by atoms with van der Waals surface area (Å²) in [6.45, 7) is 5.64. The van der Waals surface area contributed by atoms with E-state index >= 15 is 4.39 Å². The van der Waals surface area contributed by atoms with Crippen LogP contribution < -0.4 is 10.9 Å². The molecule has 0 unspecified atom stereocenters. The van der Waals surface area contributed by atoms with Gasteiger partial charge in [-0.15, -0.1) is 0 Å². The summed E-state index contributed by atoms with van der Waals surface area (Å²) in [4.78, 5) is 44.4. The standard InChI is InChI=1S/C35H34FN3O7/c1-4-35(43)24-12-28-31-22(14-39(28)32(40)23(24)17-45-33(35)41)30-26(11-10-21-19(3)25(36)13-27(37-31)29(21)30)38-34(42)46-18(2)15-44-16-20-8-6-5-7-9-20/h5-9,12-13,18,26,43H,4,10-11,14-17H2,1-3H3,(H,38,42)/t18-,26+,35+/m1/s1. The average Bonchev–Trinajstić information content (AvgIpc) is 3.41. The number of alkyl carbamates (subject to hydrolysis) is 1. The third kappa shape index (κ3) is 4.76. The molecule has 2 aliphatic heterocycles. The number of carbonyl (C=O) groups excluding carboxylic acids is 2. The second kappa shape index (κ2) is 11.3. The maximum Gasteiger partial charge on any atom is 0.407 e. The second-order valence-electron chi connectivity index (χ2n) is 12.3. The number of cyclic esters (lactones) is 1. The average molecular weight is 628 g/mol. The van der Waals surface area contributed by atoms with E-state index < -0.39 is 35.4 Å². The van der Waals surface area contributed by atoms with Crippen molar-refractivity contribution in [3.63, 3.8) is 0 Å². The molecular weight excluding hydrogens is 593 g/mol. The summed E-state index contributed by atoms with van der Waals surface area (Å²) in [5, 5.41) is 15.0. The highest BCUT2D eigenvalue weighted by Crippen LogP contribution is 2.46. The van der Waals surface area contributed by atoms with E-state index in [2.05, 4.69) is 5.32 Å². The van der Waals surface area contributed by atoms with Gasteiger partial charge in [0, 0.05) is 22.6 Å². The summed E-state index contributed by atoms with van der Waals surface area (Å²) in [6.07, 6.45) is -0.124. The van der Waals surface area contributed by atoms with Gasteiger partial charge in [0.05, 0.1) is 48.3 Å². The maximum atomic E-state index is 15.2. The van der Waals surface area contributed by atoms with Gasteiger partial charge in [-0.3, -0.25) is 4.79 Å². The minimum absolute atomic E-state index is 0.0165. The Balaban J connectivity index is 1.24. The number of hydrogen-bond acceptors (Lipinski definition) is 8. The Morgan fingerprint density at radius 2 is 2.00 bits per heavy atom. The lowest BCUT2D eigenvalue weighted by Crippen LogP contribution is -2.44. The minimum Gasteiger partial charge on any atom is -0.458 e. The summed E-state index contributed by atoms with van der Waals surface area (Å²) in [5.41, 5.74) is 3.13. The predicted octanol–water partition coefficient (Wildman–Crippen LogP) is 4.85. The molecule has 0 bridgehead atoms. The molecule has 10 nitrogen and oxygen atoms in total. The van der Waals surface area contributed by atoms with Gasteiger partial charge in [0.25, 0.3) is 5.56 Å². The molecule has 0 radical (unpaired) electrons. The molecule has 4 heterocycles. The summed E-state index contributed by atoms with van der Waals surface area (Å²) >= 11 is 0. The Bertz CT molecular complexity index is 1980. The molecule has 0 fully saturated rings. The summed E-state index contributed by atoms with van der Waals surface area (Å²) in [6, 6.07) is 12.2. The summed E-state index contributed by atoms with van der Waals surface area (Å²) < 4.78 is 33.3. The van der Waals surface area contributed by atoms with Gasteiger partial charge in [0.15, 0.2) is 5.60 Å². The SMILES string of the molecule is CC[C@@]1(O)C(=O)OCc2c1cc1n(c2=O)Cc2c-1nc1cc(F)c(C)c3c1c2[C@@H](NC(=O)O[C@H](C)COCc1ccccc1)CC3. The molecular formula is C35H34FN3O7. The van der Waals surface area contributed by atoms with Crippen molar-refractivity contribution in [1.29, 1.82) is 0 Å². The normalized spacial score (nSPS) is 20.0. The number of aryl methyl sites for hydroxylation is 1. The van der Waals surface area contributed by atoms with Crippen LogP contribution in [0.15, 0.2) is 47.3 Å². The van der Waals surface area contributed by atoms with Crippen molar-refractivity contribution in [3.8, 4) is 11.4 Å². The van der Waals surface area contributed by atoms with Crippen LogP contribution in [0.1, 0.15) is 71.7 Å². The molecule has 2 aromatic heterocycles. The number of rotatable bonds is 7. The fourth-order valence-electron chi connectivity index (χ4n) is 7.01. The summed E-state index contributed by atoms with van der Waals surface area (Å²) in [7, 11) is 0. The number of amides is 1. The molecule has 3 aliphatic rings. The van der Waals surface area contributed by atoms with Crippen LogP contribution >= 0.6 is 0 Å². The van der Waals surface area contributed by atoms with E-state index in [0.29, 0.717) is 41.9 Å². The maximum absolute atomic E-state index is 15.2. The molecule has 238 valence electrons. The number of benzene rings is 2. The van der Waals surface area contributed by atoms with Crippen molar-refractivity contribution in [1.82, 2.24) is 14.9 Å². The predicted molar refractivity (Wildman–Crippen MR) is 165 cm³/mol. The number of carbonyl (C=O) groups is 2. The zero-order chi connectivity index (χ0) is 32.3. The zero-order valence-corrected chi connectivity index (χ0v) is 25.8.